The molecule has 0 aromatic carbocycles. The van der Waals surface area contributed by atoms with Crippen molar-refractivity contribution in [1.29, 1.82) is 5.26 Å². The maximum Gasteiger partial charge on any atom is 0.333 e. The Morgan fingerprint density at radius 3 is 2.68 bits per heavy atom. The molecule has 0 amide bonds. The Morgan fingerprint density at radius 2 is 1.96 bits per heavy atom. The van der Waals surface area contributed by atoms with Crippen LogP contribution < -0.4 is 4.90 Å². The van der Waals surface area contributed by atoms with Crippen molar-refractivity contribution < 1.29 is 8.78 Å². The van der Waals surface area contributed by atoms with E-state index in [9.17, 15) is 8.78 Å². The number of aromatic nitrogens is 5. The summed E-state index contributed by atoms with van der Waals surface area (Å²) in [7, 11) is 0. The van der Waals surface area contributed by atoms with Crippen LogP contribution in [0.25, 0.3) is 11.1 Å². The van der Waals surface area contributed by atoms with Crippen molar-refractivity contribution >= 4 is 5.82 Å². The molecule has 28 heavy (non-hydrogen) atoms. The molecule has 0 saturated carbocycles. The number of anilines is 1. The number of nitrogens with zero attached hydrogens (tertiary/aromatic N) is 7. The summed E-state index contributed by atoms with van der Waals surface area (Å²) in [6, 6.07) is 4.01. The van der Waals surface area contributed by atoms with Gasteiger partial charge in [0.15, 0.2) is 11.5 Å². The van der Waals surface area contributed by atoms with Crippen LogP contribution in [0.5, 0.6) is 0 Å². The number of hydrogen-bond donors (Lipinski definition) is 0. The van der Waals surface area contributed by atoms with E-state index >= 15 is 0 Å². The van der Waals surface area contributed by atoms with Gasteiger partial charge in [-0.05, 0) is 36.6 Å². The Hall–Kier alpha value is -3.41. The lowest BCUT2D eigenvalue weighted by atomic mass is 10.0. The fourth-order valence-electron chi connectivity index (χ4n) is 3.36. The Morgan fingerprint density at radius 1 is 1.14 bits per heavy atom. The molecular weight excluding hydrogens is 364 g/mol. The van der Waals surface area contributed by atoms with Crippen molar-refractivity contribution in [3.05, 3.63) is 52.7 Å². The lowest BCUT2D eigenvalue weighted by molar-refractivity contribution is 0.0566. The molecule has 0 radical (unpaired) electrons. The molecule has 142 valence electrons. The van der Waals surface area contributed by atoms with Gasteiger partial charge in [0.25, 0.3) is 0 Å². The molecule has 0 fully saturated rings. The second-order valence-corrected chi connectivity index (χ2v) is 6.72. The van der Waals surface area contributed by atoms with Gasteiger partial charge in [0.2, 0.25) is 0 Å². The predicted molar refractivity (Wildman–Crippen MR) is 97.7 cm³/mol. The molecule has 4 heterocycles. The lowest BCUT2D eigenvalue weighted by Gasteiger charge is -2.30. The number of alkyl halides is 2. The maximum atomic E-state index is 12.8. The second-order valence-electron chi connectivity index (χ2n) is 6.72. The van der Waals surface area contributed by atoms with Gasteiger partial charge in [-0.3, -0.25) is 4.98 Å². The van der Waals surface area contributed by atoms with E-state index in [1.807, 2.05) is 19.9 Å². The van der Waals surface area contributed by atoms with E-state index in [0.717, 1.165) is 46.7 Å². The van der Waals surface area contributed by atoms with Crippen molar-refractivity contribution in [3.8, 4) is 17.2 Å². The van der Waals surface area contributed by atoms with Gasteiger partial charge in [-0.15, -0.1) is 10.2 Å². The number of nitriles is 1. The lowest BCUT2D eigenvalue weighted by Crippen LogP contribution is -2.32. The first-order chi connectivity index (χ1) is 13.5. The summed E-state index contributed by atoms with van der Waals surface area (Å²) in [5.74, 6) is 0.748. The predicted octanol–water partition coefficient (Wildman–Crippen LogP) is 3.18. The molecule has 1 aliphatic rings. The minimum absolute atomic E-state index is 0.332. The van der Waals surface area contributed by atoms with Crippen LogP contribution in [0.15, 0.2) is 24.7 Å². The molecule has 0 saturated heterocycles. The summed E-state index contributed by atoms with van der Waals surface area (Å²) in [5, 5.41) is 21.1. The summed E-state index contributed by atoms with van der Waals surface area (Å²) in [6.07, 6.45) is 5.16. The standard InChI is InChI=1S/C19H17F2N7/c1-11-12(2)18(26-25-17(11)6-22)27-4-3-16-14(9-27)5-13(7-23-16)15-8-24-28(10-15)19(20)21/h5,7-8,10,19H,3-4,9H2,1-2H3. The fourth-order valence-corrected chi connectivity index (χ4v) is 3.36. The Balaban J connectivity index is 1.65. The van der Waals surface area contributed by atoms with E-state index in [1.54, 1.807) is 6.20 Å². The van der Waals surface area contributed by atoms with Crippen LogP contribution in [0.4, 0.5) is 14.6 Å². The molecule has 0 unspecified atom stereocenters. The molecule has 4 rings (SSSR count). The van der Waals surface area contributed by atoms with Crippen LogP contribution in [-0.4, -0.2) is 31.5 Å². The number of rotatable bonds is 3. The van der Waals surface area contributed by atoms with Crippen LogP contribution in [0, 0.1) is 25.2 Å². The number of fused-ring (bicyclic) bond motifs is 1. The molecule has 9 heteroatoms. The summed E-state index contributed by atoms with van der Waals surface area (Å²) < 4.78 is 26.2. The van der Waals surface area contributed by atoms with Gasteiger partial charge in [0, 0.05) is 48.7 Å². The molecule has 0 bridgehead atoms. The van der Waals surface area contributed by atoms with Crippen LogP contribution in [0.1, 0.15) is 34.6 Å². The highest BCUT2D eigenvalue weighted by molar-refractivity contribution is 5.63. The smallest absolute Gasteiger partial charge is 0.333 e. The first-order valence-electron chi connectivity index (χ1n) is 8.77. The highest BCUT2D eigenvalue weighted by atomic mass is 19.3. The molecule has 0 atom stereocenters. The van der Waals surface area contributed by atoms with E-state index in [-0.39, 0.29) is 0 Å². The molecular formula is C19H17F2N7. The van der Waals surface area contributed by atoms with Crippen LogP contribution in [0.2, 0.25) is 0 Å². The van der Waals surface area contributed by atoms with Gasteiger partial charge in [0.1, 0.15) is 6.07 Å². The minimum atomic E-state index is -2.67. The molecule has 0 aliphatic carbocycles. The zero-order valence-corrected chi connectivity index (χ0v) is 15.4. The zero-order valence-electron chi connectivity index (χ0n) is 15.4. The summed E-state index contributed by atoms with van der Waals surface area (Å²) >= 11 is 0. The maximum absolute atomic E-state index is 12.8. The second kappa shape index (κ2) is 6.96. The third-order valence-corrected chi connectivity index (χ3v) is 5.08. The Kier molecular flexibility index (Phi) is 4.47. The molecule has 3 aromatic rings. The Bertz CT molecular complexity index is 1080. The molecule has 3 aromatic heterocycles. The third kappa shape index (κ3) is 3.07. The van der Waals surface area contributed by atoms with E-state index in [1.165, 1.54) is 12.4 Å². The first-order valence-corrected chi connectivity index (χ1v) is 8.77. The highest BCUT2D eigenvalue weighted by Gasteiger charge is 2.22. The van der Waals surface area contributed by atoms with E-state index in [0.29, 0.717) is 22.5 Å². The summed E-state index contributed by atoms with van der Waals surface area (Å²) in [5.41, 5.74) is 5.42. The number of halogens is 2. The van der Waals surface area contributed by atoms with Crippen LogP contribution in [-0.2, 0) is 13.0 Å². The van der Waals surface area contributed by atoms with Crippen molar-refractivity contribution in [2.45, 2.75) is 33.4 Å². The quantitative estimate of drug-likeness (QED) is 0.693. The van der Waals surface area contributed by atoms with Gasteiger partial charge >= 0.3 is 6.55 Å². The topological polar surface area (TPSA) is 83.5 Å². The average Bonchev–Trinajstić information content (AvgIpc) is 3.20. The normalized spacial score (nSPS) is 13.5. The fraction of sp³-hybridized carbons (Fsp3) is 0.316. The number of pyridine rings is 1. The average molecular weight is 381 g/mol. The van der Waals surface area contributed by atoms with Crippen molar-refractivity contribution in [3.63, 3.8) is 0 Å². The number of hydrogen-bond acceptors (Lipinski definition) is 6. The minimum Gasteiger partial charge on any atom is -0.350 e. The molecule has 1 aliphatic heterocycles. The molecule has 0 N–H and O–H groups in total. The van der Waals surface area contributed by atoms with Gasteiger partial charge in [-0.2, -0.15) is 19.1 Å². The van der Waals surface area contributed by atoms with Gasteiger partial charge in [-0.25, -0.2) is 4.68 Å². The van der Waals surface area contributed by atoms with Crippen LogP contribution >= 0.6 is 0 Å². The van der Waals surface area contributed by atoms with Crippen molar-refractivity contribution in [2.24, 2.45) is 0 Å². The van der Waals surface area contributed by atoms with E-state index < -0.39 is 6.55 Å². The third-order valence-electron chi connectivity index (χ3n) is 5.08. The SMILES string of the molecule is Cc1c(C#N)nnc(N2CCc3ncc(-c4cnn(C(F)F)c4)cc3C2)c1C. The van der Waals surface area contributed by atoms with Gasteiger partial charge in [-0.1, -0.05) is 0 Å². The molecule has 7 nitrogen and oxygen atoms in total. The van der Waals surface area contributed by atoms with E-state index in [2.05, 4.69) is 31.2 Å². The summed E-state index contributed by atoms with van der Waals surface area (Å²) in [6.45, 7) is 2.45. The highest BCUT2D eigenvalue weighted by Crippen LogP contribution is 2.29. The first kappa shape index (κ1) is 18.0. The van der Waals surface area contributed by atoms with Crippen LogP contribution in [0.3, 0.4) is 0 Å². The molecule has 0 spiro atoms. The monoisotopic (exact) mass is 381 g/mol. The largest absolute Gasteiger partial charge is 0.350 e. The Labute approximate surface area is 160 Å². The summed E-state index contributed by atoms with van der Waals surface area (Å²) in [4.78, 5) is 6.62. The van der Waals surface area contributed by atoms with Gasteiger partial charge < -0.3 is 4.90 Å². The van der Waals surface area contributed by atoms with Crippen molar-refractivity contribution in [2.75, 3.05) is 11.4 Å². The van der Waals surface area contributed by atoms with Gasteiger partial charge in [0.05, 0.1) is 6.20 Å². The van der Waals surface area contributed by atoms with Crippen molar-refractivity contribution in [1.82, 2.24) is 25.0 Å². The zero-order chi connectivity index (χ0) is 19.8. The van der Waals surface area contributed by atoms with E-state index in [4.69, 9.17) is 5.26 Å².